The Kier molecular flexibility index (Phi) is 5.10. The molecule has 1 saturated heterocycles. The number of nitrogens with zero attached hydrogens (tertiary/aromatic N) is 2. The molecule has 1 aliphatic carbocycles. The summed E-state index contributed by atoms with van der Waals surface area (Å²) in [6, 6.07) is 31.2. The van der Waals surface area contributed by atoms with E-state index in [-0.39, 0.29) is 18.2 Å². The van der Waals surface area contributed by atoms with Gasteiger partial charge in [0.05, 0.1) is 6.04 Å². The minimum absolute atomic E-state index is 0.176. The highest BCUT2D eigenvalue weighted by atomic mass is 31.1. The van der Waals surface area contributed by atoms with Crippen LogP contribution < -0.4 is 10.6 Å². The molecular formula is C27H27N2OP. The number of hydrogen-bond acceptors (Lipinski definition) is 3. The highest BCUT2D eigenvalue weighted by Gasteiger charge is 2.44. The summed E-state index contributed by atoms with van der Waals surface area (Å²) in [6.07, 6.45) is 4.75. The zero-order chi connectivity index (χ0) is 20.6. The molecule has 3 atom stereocenters. The maximum Gasteiger partial charge on any atom is 0.202 e. The molecule has 3 nitrogen and oxygen atoms in total. The molecule has 1 fully saturated rings. The van der Waals surface area contributed by atoms with Gasteiger partial charge in [0.25, 0.3) is 0 Å². The molecule has 0 radical (unpaired) electrons. The highest BCUT2D eigenvalue weighted by Crippen LogP contribution is 2.46. The molecule has 31 heavy (non-hydrogen) atoms. The van der Waals surface area contributed by atoms with Crippen LogP contribution in [0.1, 0.15) is 36.4 Å². The van der Waals surface area contributed by atoms with Crippen LogP contribution in [0.5, 0.6) is 0 Å². The summed E-state index contributed by atoms with van der Waals surface area (Å²) in [5, 5.41) is 2.81. The maximum atomic E-state index is 6.58. The lowest BCUT2D eigenvalue weighted by Gasteiger charge is -2.41. The maximum absolute atomic E-state index is 6.58. The van der Waals surface area contributed by atoms with E-state index in [2.05, 4.69) is 89.6 Å². The Morgan fingerprint density at radius 1 is 0.806 bits per heavy atom. The summed E-state index contributed by atoms with van der Waals surface area (Å²) in [7, 11) is -0.619. The minimum Gasteiger partial charge on any atom is -0.474 e. The van der Waals surface area contributed by atoms with Gasteiger partial charge < -0.3 is 4.74 Å². The van der Waals surface area contributed by atoms with E-state index in [1.807, 2.05) is 0 Å². The first-order chi connectivity index (χ1) is 15.4. The van der Waals surface area contributed by atoms with Crippen molar-refractivity contribution in [2.45, 2.75) is 43.9 Å². The average Bonchev–Trinajstić information content (AvgIpc) is 3.39. The van der Waals surface area contributed by atoms with Crippen LogP contribution in [0, 0.1) is 0 Å². The Balaban J connectivity index is 1.37. The number of ether oxygens (including phenoxy) is 1. The highest BCUT2D eigenvalue weighted by molar-refractivity contribution is 7.70. The Labute approximate surface area is 185 Å². The van der Waals surface area contributed by atoms with Crippen molar-refractivity contribution in [3.05, 3.63) is 96.1 Å². The van der Waals surface area contributed by atoms with Gasteiger partial charge in [0.1, 0.15) is 12.1 Å². The zero-order valence-corrected chi connectivity index (χ0v) is 18.5. The summed E-state index contributed by atoms with van der Waals surface area (Å²) >= 11 is 0. The van der Waals surface area contributed by atoms with E-state index in [0.717, 1.165) is 25.3 Å². The largest absolute Gasteiger partial charge is 0.474 e. The second-order valence-electron chi connectivity index (χ2n) is 8.63. The van der Waals surface area contributed by atoms with Gasteiger partial charge in [-0.2, -0.15) is 0 Å². The first-order valence-electron chi connectivity index (χ1n) is 11.4. The van der Waals surface area contributed by atoms with Gasteiger partial charge in [-0.15, -0.1) is 0 Å². The molecule has 6 rings (SSSR count). The van der Waals surface area contributed by atoms with Crippen LogP contribution >= 0.6 is 8.07 Å². The van der Waals surface area contributed by atoms with E-state index in [0.29, 0.717) is 0 Å². The quantitative estimate of drug-likeness (QED) is 0.550. The van der Waals surface area contributed by atoms with E-state index in [4.69, 9.17) is 9.73 Å². The van der Waals surface area contributed by atoms with Crippen LogP contribution in [0.3, 0.4) is 0 Å². The third kappa shape index (κ3) is 3.50. The lowest BCUT2D eigenvalue weighted by Crippen LogP contribution is -2.45. The summed E-state index contributed by atoms with van der Waals surface area (Å²) in [6.45, 7) is 1.09. The molecule has 0 bridgehead atoms. The van der Waals surface area contributed by atoms with Gasteiger partial charge in [-0.1, -0.05) is 91.3 Å². The normalized spacial score (nSPS) is 25.1. The molecular weight excluding hydrogens is 399 g/mol. The molecule has 0 spiro atoms. The van der Waals surface area contributed by atoms with E-state index in [1.54, 1.807) is 0 Å². The SMILES string of the molecule is c1ccc(P(c2ccccc2)N2CCCC[C@H]2C2=N[C@@H]3c4ccccc4C[C@@H]3O2)cc1. The predicted molar refractivity (Wildman–Crippen MR) is 129 cm³/mol. The van der Waals surface area contributed by atoms with Crippen molar-refractivity contribution < 1.29 is 4.74 Å². The molecule has 2 aliphatic heterocycles. The molecule has 0 aromatic heterocycles. The molecule has 4 heteroatoms. The predicted octanol–water partition coefficient (Wildman–Crippen LogP) is 4.98. The fraction of sp³-hybridized carbons (Fsp3) is 0.296. The molecule has 0 amide bonds. The Hall–Kier alpha value is -2.48. The van der Waals surface area contributed by atoms with Gasteiger partial charge in [-0.05, 0) is 34.6 Å². The fourth-order valence-corrected chi connectivity index (χ4v) is 7.91. The van der Waals surface area contributed by atoms with Crippen molar-refractivity contribution in [2.75, 3.05) is 6.54 Å². The van der Waals surface area contributed by atoms with E-state index in [9.17, 15) is 0 Å². The number of hydrogen-bond donors (Lipinski definition) is 0. The fourth-order valence-electron chi connectivity index (χ4n) is 5.27. The smallest absolute Gasteiger partial charge is 0.202 e. The van der Waals surface area contributed by atoms with E-state index >= 15 is 0 Å². The Morgan fingerprint density at radius 3 is 2.23 bits per heavy atom. The van der Waals surface area contributed by atoms with Crippen LogP contribution in [0.4, 0.5) is 0 Å². The molecule has 156 valence electrons. The summed E-state index contributed by atoms with van der Waals surface area (Å²) in [5.41, 5.74) is 2.76. The van der Waals surface area contributed by atoms with Crippen molar-refractivity contribution in [1.29, 1.82) is 0 Å². The van der Waals surface area contributed by atoms with Crippen molar-refractivity contribution in [3.8, 4) is 0 Å². The van der Waals surface area contributed by atoms with Crippen LogP contribution in [0.25, 0.3) is 0 Å². The number of piperidine rings is 1. The molecule has 3 aliphatic rings. The molecule has 0 saturated carbocycles. The van der Waals surface area contributed by atoms with Gasteiger partial charge >= 0.3 is 0 Å². The third-order valence-electron chi connectivity index (χ3n) is 6.70. The van der Waals surface area contributed by atoms with Crippen molar-refractivity contribution in [2.24, 2.45) is 4.99 Å². The topological polar surface area (TPSA) is 24.8 Å². The third-order valence-corrected chi connectivity index (χ3v) is 9.27. The van der Waals surface area contributed by atoms with Crippen LogP contribution in [0.15, 0.2) is 89.9 Å². The van der Waals surface area contributed by atoms with Crippen molar-refractivity contribution >= 4 is 24.6 Å². The van der Waals surface area contributed by atoms with Crippen molar-refractivity contribution in [1.82, 2.24) is 4.67 Å². The van der Waals surface area contributed by atoms with Gasteiger partial charge in [-0.3, -0.25) is 4.67 Å². The van der Waals surface area contributed by atoms with Crippen molar-refractivity contribution in [3.63, 3.8) is 0 Å². The first-order valence-corrected chi connectivity index (χ1v) is 12.7. The number of rotatable bonds is 4. The molecule has 3 aromatic carbocycles. The molecule has 0 N–H and O–H groups in total. The molecule has 3 aromatic rings. The number of aliphatic imine (C=N–C) groups is 1. The average molecular weight is 427 g/mol. The monoisotopic (exact) mass is 426 g/mol. The van der Waals surface area contributed by atoms with Gasteiger partial charge in [0, 0.05) is 21.0 Å². The summed E-state index contributed by atoms with van der Waals surface area (Å²) in [4.78, 5) is 5.20. The first kappa shape index (κ1) is 19.2. The molecule has 0 unspecified atom stereocenters. The van der Waals surface area contributed by atoms with Crippen LogP contribution in [0.2, 0.25) is 0 Å². The van der Waals surface area contributed by atoms with Gasteiger partial charge in [0.2, 0.25) is 5.90 Å². The lowest BCUT2D eigenvalue weighted by atomic mass is 10.0. The van der Waals surface area contributed by atoms with Crippen LogP contribution in [-0.2, 0) is 11.2 Å². The van der Waals surface area contributed by atoms with Crippen LogP contribution in [-0.4, -0.2) is 29.3 Å². The standard InChI is InChI=1S/C27H27N2OP/c1-3-12-21(13-4-1)31(22-14-5-2-6-15-22)29-18-10-9-17-24(29)27-28-26-23-16-8-7-11-20(23)19-25(26)30-27/h1-8,11-16,24-26H,9-10,17-19H2/t24-,25-,26+/m0/s1. The minimum atomic E-state index is -0.619. The van der Waals surface area contributed by atoms with Gasteiger partial charge in [-0.25, -0.2) is 4.99 Å². The zero-order valence-electron chi connectivity index (χ0n) is 17.6. The molecule has 2 heterocycles. The van der Waals surface area contributed by atoms with E-state index < -0.39 is 8.07 Å². The van der Waals surface area contributed by atoms with Gasteiger partial charge in [0.15, 0.2) is 0 Å². The van der Waals surface area contributed by atoms with E-state index in [1.165, 1.54) is 34.6 Å². The number of fused-ring (bicyclic) bond motifs is 3. The second kappa shape index (κ2) is 8.22. The lowest BCUT2D eigenvalue weighted by molar-refractivity contribution is 0.181. The summed E-state index contributed by atoms with van der Waals surface area (Å²) in [5.74, 6) is 0.976. The Bertz CT molecular complexity index is 1050. The summed E-state index contributed by atoms with van der Waals surface area (Å²) < 4.78 is 9.28. The Morgan fingerprint density at radius 2 is 1.48 bits per heavy atom. The number of benzene rings is 3. The second-order valence-corrected chi connectivity index (χ2v) is 10.8.